The van der Waals surface area contributed by atoms with E-state index in [0.717, 1.165) is 6.29 Å². The Morgan fingerprint density at radius 2 is 2.17 bits per heavy atom. The molecule has 0 atom stereocenters. The fraction of sp³-hybridized carbons (Fsp3) is 0.636. The number of carbonyl (C=O) groups is 1. The molecule has 2 heterocycles. The fourth-order valence-corrected chi connectivity index (χ4v) is 3.45. The Morgan fingerprint density at radius 1 is 1.50 bits per heavy atom. The van der Waals surface area contributed by atoms with Crippen molar-refractivity contribution in [3.05, 3.63) is 12.0 Å². The highest BCUT2D eigenvalue weighted by atomic mass is 32.2. The average molecular weight is 271 g/mol. The summed E-state index contributed by atoms with van der Waals surface area (Å²) in [6.07, 6.45) is 4.13. The first-order valence-corrected chi connectivity index (χ1v) is 7.51. The number of aryl methyl sites for hydroxylation is 1. The van der Waals surface area contributed by atoms with E-state index in [-0.39, 0.29) is 10.9 Å². The van der Waals surface area contributed by atoms with Crippen LogP contribution in [-0.2, 0) is 21.2 Å². The van der Waals surface area contributed by atoms with Crippen LogP contribution in [0.15, 0.2) is 11.2 Å². The van der Waals surface area contributed by atoms with E-state index in [4.69, 9.17) is 0 Å². The van der Waals surface area contributed by atoms with Crippen molar-refractivity contribution in [2.75, 3.05) is 13.1 Å². The largest absolute Gasteiger partial charge is 0.332 e. The molecule has 7 heteroatoms. The normalized spacial score (nSPS) is 18.9. The van der Waals surface area contributed by atoms with E-state index >= 15 is 0 Å². The molecule has 1 N–H and O–H groups in total. The van der Waals surface area contributed by atoms with E-state index in [0.29, 0.717) is 38.2 Å². The Bertz CT molecular complexity index is 515. The highest BCUT2D eigenvalue weighted by molar-refractivity contribution is 7.89. The van der Waals surface area contributed by atoms with Crippen LogP contribution in [0.4, 0.5) is 0 Å². The number of aldehydes is 1. The van der Waals surface area contributed by atoms with E-state index in [9.17, 15) is 13.2 Å². The molecule has 18 heavy (non-hydrogen) atoms. The first-order valence-electron chi connectivity index (χ1n) is 6.07. The molecule has 0 saturated carbocycles. The van der Waals surface area contributed by atoms with Gasteiger partial charge >= 0.3 is 0 Å². The molecule has 1 aromatic rings. The molecule has 2 rings (SSSR count). The van der Waals surface area contributed by atoms with Gasteiger partial charge in [0.25, 0.3) is 10.0 Å². The number of imidazole rings is 1. The maximum absolute atomic E-state index is 12.3. The number of carbonyl (C=O) groups excluding carboxylic acids is 1. The molecule has 0 aliphatic carbocycles. The molecule has 0 unspecified atom stereocenters. The first kappa shape index (κ1) is 13.2. The number of piperidine rings is 1. The minimum Gasteiger partial charge on any atom is -0.332 e. The van der Waals surface area contributed by atoms with Gasteiger partial charge < -0.3 is 9.78 Å². The van der Waals surface area contributed by atoms with Crippen LogP contribution in [0.5, 0.6) is 0 Å². The number of hydrogen-bond acceptors (Lipinski definition) is 4. The van der Waals surface area contributed by atoms with Gasteiger partial charge in [0.1, 0.15) is 12.1 Å². The Balaban J connectivity index is 2.14. The number of nitrogens with zero attached hydrogens (tertiary/aromatic N) is 2. The number of sulfonamides is 1. The van der Waals surface area contributed by atoms with Crippen molar-refractivity contribution in [2.45, 2.75) is 31.2 Å². The lowest BCUT2D eigenvalue weighted by atomic mass is 10.0. The molecule has 1 aliphatic heterocycles. The molecular formula is C11H17N3O3S. The lowest BCUT2D eigenvalue weighted by Crippen LogP contribution is -2.38. The Labute approximate surface area is 106 Å². The number of nitrogens with one attached hydrogen (secondary N) is 1. The van der Waals surface area contributed by atoms with Gasteiger partial charge in [-0.2, -0.15) is 4.31 Å². The molecule has 0 spiro atoms. The van der Waals surface area contributed by atoms with Crippen molar-refractivity contribution in [1.29, 1.82) is 0 Å². The van der Waals surface area contributed by atoms with Gasteiger partial charge in [-0.1, -0.05) is 6.92 Å². The molecule has 1 aliphatic rings. The van der Waals surface area contributed by atoms with Gasteiger partial charge in [0.15, 0.2) is 5.03 Å². The van der Waals surface area contributed by atoms with E-state index in [1.54, 1.807) is 0 Å². The van der Waals surface area contributed by atoms with Gasteiger partial charge in [0.2, 0.25) is 0 Å². The second kappa shape index (κ2) is 5.19. The first-order chi connectivity index (χ1) is 8.57. The second-order valence-corrected chi connectivity index (χ2v) is 6.33. The highest BCUT2D eigenvalue weighted by Gasteiger charge is 2.30. The van der Waals surface area contributed by atoms with Crippen LogP contribution in [0.3, 0.4) is 0 Å². The van der Waals surface area contributed by atoms with E-state index in [1.807, 2.05) is 6.92 Å². The molecule has 0 bridgehead atoms. The standard InChI is InChI=1S/C11H17N3O3S/c1-2-10-12-7-11(13-10)18(16,17)14-5-3-9(8-15)4-6-14/h7-9H,2-6H2,1H3,(H,12,13). The third-order valence-corrected chi connectivity index (χ3v) is 5.06. The van der Waals surface area contributed by atoms with Crippen LogP contribution < -0.4 is 0 Å². The summed E-state index contributed by atoms with van der Waals surface area (Å²) in [5, 5.41) is 0.143. The van der Waals surface area contributed by atoms with Gasteiger partial charge in [-0.3, -0.25) is 0 Å². The van der Waals surface area contributed by atoms with Crippen LogP contribution in [0.2, 0.25) is 0 Å². The van der Waals surface area contributed by atoms with E-state index in [1.165, 1.54) is 10.5 Å². The SMILES string of the molecule is CCc1ncc(S(=O)(=O)N2CCC(C=O)CC2)[nH]1. The van der Waals surface area contributed by atoms with Gasteiger partial charge in [0, 0.05) is 25.4 Å². The molecule has 6 nitrogen and oxygen atoms in total. The highest BCUT2D eigenvalue weighted by Crippen LogP contribution is 2.21. The van der Waals surface area contributed by atoms with Crippen molar-refractivity contribution in [2.24, 2.45) is 5.92 Å². The Hall–Kier alpha value is -1.21. The van der Waals surface area contributed by atoms with E-state index < -0.39 is 10.0 Å². The minimum atomic E-state index is -3.48. The quantitative estimate of drug-likeness (QED) is 0.812. The van der Waals surface area contributed by atoms with Crippen LogP contribution in [0.25, 0.3) is 0 Å². The summed E-state index contributed by atoms with van der Waals surface area (Å²) in [5.41, 5.74) is 0. The number of rotatable bonds is 4. The Kier molecular flexibility index (Phi) is 3.82. The molecule has 1 saturated heterocycles. The van der Waals surface area contributed by atoms with Crippen LogP contribution in [0.1, 0.15) is 25.6 Å². The summed E-state index contributed by atoms with van der Waals surface area (Å²) in [6, 6.07) is 0. The van der Waals surface area contributed by atoms with Gasteiger partial charge in [-0.25, -0.2) is 13.4 Å². The van der Waals surface area contributed by atoms with Crippen molar-refractivity contribution >= 4 is 16.3 Å². The summed E-state index contributed by atoms with van der Waals surface area (Å²) in [4.78, 5) is 17.5. The third kappa shape index (κ3) is 2.46. The zero-order valence-corrected chi connectivity index (χ0v) is 11.1. The molecular weight excluding hydrogens is 254 g/mol. The number of H-pyrrole nitrogens is 1. The van der Waals surface area contributed by atoms with Gasteiger partial charge in [-0.05, 0) is 12.8 Å². The molecule has 100 valence electrons. The fourth-order valence-electron chi connectivity index (χ4n) is 2.05. The van der Waals surface area contributed by atoms with Gasteiger partial charge in [-0.15, -0.1) is 0 Å². The van der Waals surface area contributed by atoms with Crippen molar-refractivity contribution in [3.63, 3.8) is 0 Å². The van der Waals surface area contributed by atoms with Crippen molar-refractivity contribution < 1.29 is 13.2 Å². The van der Waals surface area contributed by atoms with Crippen LogP contribution >= 0.6 is 0 Å². The maximum atomic E-state index is 12.3. The second-order valence-electron chi connectivity index (χ2n) is 4.43. The summed E-state index contributed by atoms with van der Waals surface area (Å²) < 4.78 is 26.0. The van der Waals surface area contributed by atoms with Crippen LogP contribution in [0, 0.1) is 5.92 Å². The minimum absolute atomic E-state index is 0.00980. The molecule has 1 aromatic heterocycles. The maximum Gasteiger partial charge on any atom is 0.260 e. The summed E-state index contributed by atoms with van der Waals surface area (Å²) in [6.45, 7) is 2.70. The monoisotopic (exact) mass is 271 g/mol. The topological polar surface area (TPSA) is 83.1 Å². The summed E-state index contributed by atoms with van der Waals surface area (Å²) >= 11 is 0. The predicted molar refractivity (Wildman–Crippen MR) is 65.5 cm³/mol. The zero-order valence-electron chi connectivity index (χ0n) is 10.3. The summed E-state index contributed by atoms with van der Waals surface area (Å²) in [5.74, 6) is 0.653. The average Bonchev–Trinajstić information content (AvgIpc) is 2.88. The lowest BCUT2D eigenvalue weighted by molar-refractivity contribution is -0.112. The number of aromatic amines is 1. The third-order valence-electron chi connectivity index (χ3n) is 3.25. The molecule has 1 fully saturated rings. The van der Waals surface area contributed by atoms with E-state index in [2.05, 4.69) is 9.97 Å². The molecule has 0 aromatic carbocycles. The number of aromatic nitrogens is 2. The lowest BCUT2D eigenvalue weighted by Gasteiger charge is -2.28. The molecule has 0 amide bonds. The van der Waals surface area contributed by atoms with Crippen molar-refractivity contribution in [1.82, 2.24) is 14.3 Å². The smallest absolute Gasteiger partial charge is 0.260 e. The summed E-state index contributed by atoms with van der Waals surface area (Å²) in [7, 11) is -3.48. The van der Waals surface area contributed by atoms with Gasteiger partial charge in [0.05, 0.1) is 6.20 Å². The molecule has 0 radical (unpaired) electrons. The Morgan fingerprint density at radius 3 is 2.67 bits per heavy atom. The van der Waals surface area contributed by atoms with Crippen molar-refractivity contribution in [3.8, 4) is 0 Å². The number of hydrogen-bond donors (Lipinski definition) is 1. The zero-order chi connectivity index (χ0) is 13.2. The predicted octanol–water partition coefficient (Wildman–Crippen LogP) is 0.572. The van der Waals surface area contributed by atoms with Crippen LogP contribution in [-0.4, -0.2) is 42.1 Å².